The maximum Gasteiger partial charge on any atom is 0.228 e. The average molecular weight is 517 g/mol. The Bertz CT molecular complexity index is 1360. The topological polar surface area (TPSA) is 103 Å². The summed E-state index contributed by atoms with van der Waals surface area (Å²) < 4.78 is 6.21. The highest BCUT2D eigenvalue weighted by Crippen LogP contribution is 2.35. The van der Waals surface area contributed by atoms with Gasteiger partial charge in [0.15, 0.2) is 11.0 Å². The molecule has 0 unspecified atom stereocenters. The van der Waals surface area contributed by atoms with Crippen molar-refractivity contribution in [1.82, 2.24) is 24.9 Å². The van der Waals surface area contributed by atoms with Crippen LogP contribution in [0.25, 0.3) is 33.3 Å². The minimum Gasteiger partial charge on any atom is -0.490 e. The largest absolute Gasteiger partial charge is 0.490 e. The molecule has 4 rings (SSSR count). The summed E-state index contributed by atoms with van der Waals surface area (Å²) in [6.45, 7) is 12.1. The van der Waals surface area contributed by atoms with Gasteiger partial charge in [-0.2, -0.15) is 0 Å². The quantitative estimate of drug-likeness (QED) is 0.271. The van der Waals surface area contributed by atoms with Crippen LogP contribution in [0.1, 0.15) is 51.7 Å². The number of aromatic nitrogens is 5. The highest BCUT2D eigenvalue weighted by atomic mass is 32.1. The number of ether oxygens (including phenoxy) is 1. The molecule has 0 aliphatic rings. The fourth-order valence-electron chi connectivity index (χ4n) is 3.97. The van der Waals surface area contributed by atoms with Gasteiger partial charge < -0.3 is 10.1 Å². The number of aryl methyl sites for hydroxylation is 2. The van der Waals surface area contributed by atoms with E-state index in [0.717, 1.165) is 45.9 Å². The van der Waals surface area contributed by atoms with Crippen molar-refractivity contribution in [3.8, 4) is 39.1 Å². The van der Waals surface area contributed by atoms with Crippen LogP contribution in [0.15, 0.2) is 43.0 Å². The summed E-state index contributed by atoms with van der Waals surface area (Å²) in [5.74, 6) is 1.12. The maximum atomic E-state index is 12.1. The van der Waals surface area contributed by atoms with Crippen LogP contribution in [0.3, 0.4) is 0 Å². The first-order chi connectivity index (χ1) is 17.8. The van der Waals surface area contributed by atoms with Gasteiger partial charge in [0.2, 0.25) is 5.91 Å². The lowest BCUT2D eigenvalue weighted by molar-refractivity contribution is -0.118. The summed E-state index contributed by atoms with van der Waals surface area (Å²) in [7, 11) is 0. The number of hydrogen-bond donors (Lipinski definition) is 1. The zero-order valence-corrected chi connectivity index (χ0v) is 22.9. The molecular formula is C28H32N6O2S. The second kappa shape index (κ2) is 11.6. The molecular weight excluding hydrogens is 484 g/mol. The molecule has 1 N–H and O–H groups in total. The predicted molar refractivity (Wildman–Crippen MR) is 148 cm³/mol. The van der Waals surface area contributed by atoms with Gasteiger partial charge in [0.05, 0.1) is 28.6 Å². The molecule has 0 aliphatic carbocycles. The third-order valence-electron chi connectivity index (χ3n) is 6.01. The van der Waals surface area contributed by atoms with Crippen molar-refractivity contribution in [3.05, 3.63) is 54.1 Å². The second-order valence-electron chi connectivity index (χ2n) is 9.21. The number of benzene rings is 1. The molecule has 0 bridgehead atoms. The van der Waals surface area contributed by atoms with E-state index < -0.39 is 0 Å². The maximum absolute atomic E-state index is 12.1. The molecule has 37 heavy (non-hydrogen) atoms. The van der Waals surface area contributed by atoms with E-state index in [1.165, 1.54) is 11.3 Å². The Balaban J connectivity index is 1.79. The van der Waals surface area contributed by atoms with Gasteiger partial charge >= 0.3 is 0 Å². The molecule has 3 aromatic heterocycles. The molecule has 192 valence electrons. The first-order valence-corrected chi connectivity index (χ1v) is 13.3. The lowest BCUT2D eigenvalue weighted by atomic mass is 9.98. The van der Waals surface area contributed by atoms with Crippen LogP contribution in [-0.2, 0) is 4.79 Å². The molecule has 1 aromatic carbocycles. The van der Waals surface area contributed by atoms with Crippen molar-refractivity contribution in [1.29, 1.82) is 0 Å². The Kier molecular flexibility index (Phi) is 8.23. The molecule has 9 heteroatoms. The average Bonchev–Trinajstić information content (AvgIpc) is 3.35. The van der Waals surface area contributed by atoms with Crippen molar-refractivity contribution in [2.75, 3.05) is 5.32 Å². The monoisotopic (exact) mass is 516 g/mol. The standard InChI is InChI=1S/C28H32N6O2S/c1-7-19(8-2)36-20-11-17(5)25(18(6)12-20)22-13-21(32-26(33-22)23-14-29-9-10-30-23)24-15-31-28(37-24)34-27(35)16(3)4/h9-16,19H,7-8H2,1-6H3,(H,31,34,35). The Morgan fingerprint density at radius 2 is 1.65 bits per heavy atom. The van der Waals surface area contributed by atoms with Gasteiger partial charge in [-0.3, -0.25) is 9.78 Å². The first-order valence-electron chi connectivity index (χ1n) is 12.5. The van der Waals surface area contributed by atoms with Gasteiger partial charge in [-0.25, -0.2) is 19.9 Å². The van der Waals surface area contributed by atoms with E-state index >= 15 is 0 Å². The molecule has 1 amide bonds. The minimum absolute atomic E-state index is 0.0773. The van der Waals surface area contributed by atoms with E-state index in [2.05, 4.69) is 60.1 Å². The van der Waals surface area contributed by atoms with E-state index in [1.54, 1.807) is 24.8 Å². The number of nitrogens with one attached hydrogen (secondary N) is 1. The smallest absolute Gasteiger partial charge is 0.228 e. The lowest BCUT2D eigenvalue weighted by Gasteiger charge is -2.19. The van der Waals surface area contributed by atoms with Crippen LogP contribution in [0.2, 0.25) is 0 Å². The van der Waals surface area contributed by atoms with Crippen molar-refractivity contribution in [3.63, 3.8) is 0 Å². The number of amides is 1. The molecule has 0 radical (unpaired) electrons. The van der Waals surface area contributed by atoms with Crippen LogP contribution >= 0.6 is 11.3 Å². The zero-order chi connectivity index (χ0) is 26.5. The number of rotatable bonds is 9. The van der Waals surface area contributed by atoms with Crippen LogP contribution in [0.4, 0.5) is 5.13 Å². The summed E-state index contributed by atoms with van der Waals surface area (Å²) in [6.07, 6.45) is 8.72. The van der Waals surface area contributed by atoms with Gasteiger partial charge in [0.1, 0.15) is 11.4 Å². The molecule has 4 aromatic rings. The van der Waals surface area contributed by atoms with E-state index in [9.17, 15) is 4.79 Å². The zero-order valence-electron chi connectivity index (χ0n) is 22.1. The van der Waals surface area contributed by atoms with E-state index in [0.29, 0.717) is 22.3 Å². The highest BCUT2D eigenvalue weighted by Gasteiger charge is 2.18. The number of carbonyl (C=O) groups excluding carboxylic acids is 1. The van der Waals surface area contributed by atoms with Crippen molar-refractivity contribution in [2.45, 2.75) is 60.5 Å². The third-order valence-corrected chi connectivity index (χ3v) is 6.94. The summed E-state index contributed by atoms with van der Waals surface area (Å²) in [4.78, 5) is 35.6. The predicted octanol–water partition coefficient (Wildman–Crippen LogP) is 6.50. The van der Waals surface area contributed by atoms with Gasteiger partial charge in [0, 0.05) is 30.1 Å². The van der Waals surface area contributed by atoms with Gasteiger partial charge in [-0.1, -0.05) is 39.0 Å². The first kappa shape index (κ1) is 26.3. The van der Waals surface area contributed by atoms with Gasteiger partial charge in [0.25, 0.3) is 0 Å². The number of anilines is 1. The fraction of sp³-hybridized carbons (Fsp3) is 0.357. The summed E-state index contributed by atoms with van der Waals surface area (Å²) in [5, 5.41) is 3.40. The summed E-state index contributed by atoms with van der Waals surface area (Å²) >= 11 is 1.37. The van der Waals surface area contributed by atoms with Crippen LogP contribution in [0.5, 0.6) is 5.75 Å². The summed E-state index contributed by atoms with van der Waals surface area (Å²) in [6, 6.07) is 6.09. The Morgan fingerprint density at radius 3 is 2.27 bits per heavy atom. The SMILES string of the molecule is CCC(CC)Oc1cc(C)c(-c2cc(-c3cnc(NC(=O)C(C)C)s3)nc(-c3cnccn3)n2)c(C)c1. The Labute approximate surface area is 221 Å². The second-order valence-corrected chi connectivity index (χ2v) is 10.2. The van der Waals surface area contributed by atoms with Crippen molar-refractivity contribution in [2.24, 2.45) is 5.92 Å². The molecule has 8 nitrogen and oxygen atoms in total. The number of carbonyl (C=O) groups is 1. The highest BCUT2D eigenvalue weighted by molar-refractivity contribution is 7.19. The number of thiazole rings is 1. The minimum atomic E-state index is -0.135. The van der Waals surface area contributed by atoms with Crippen molar-refractivity contribution < 1.29 is 9.53 Å². The van der Waals surface area contributed by atoms with Gasteiger partial charge in [-0.15, -0.1) is 0 Å². The fourth-order valence-corrected chi connectivity index (χ4v) is 4.75. The third kappa shape index (κ3) is 6.17. The van der Waals surface area contributed by atoms with E-state index in [4.69, 9.17) is 14.7 Å². The molecule has 3 heterocycles. The molecule has 0 fully saturated rings. The van der Waals surface area contributed by atoms with Gasteiger partial charge in [-0.05, 0) is 56.0 Å². The number of nitrogens with zero attached hydrogens (tertiary/aromatic N) is 5. The molecule has 0 spiro atoms. The summed E-state index contributed by atoms with van der Waals surface area (Å²) in [5.41, 5.74) is 5.19. The van der Waals surface area contributed by atoms with E-state index in [1.807, 2.05) is 19.9 Å². The van der Waals surface area contributed by atoms with Crippen LogP contribution < -0.4 is 10.1 Å². The number of hydrogen-bond acceptors (Lipinski definition) is 8. The van der Waals surface area contributed by atoms with E-state index in [-0.39, 0.29) is 17.9 Å². The van der Waals surface area contributed by atoms with Crippen LogP contribution in [-0.4, -0.2) is 36.9 Å². The molecule has 0 saturated carbocycles. The van der Waals surface area contributed by atoms with Crippen LogP contribution in [0, 0.1) is 19.8 Å². The molecule has 0 saturated heterocycles. The Hall–Kier alpha value is -3.72. The molecule has 0 aliphatic heterocycles. The molecule has 0 atom stereocenters. The Morgan fingerprint density at radius 1 is 0.946 bits per heavy atom. The van der Waals surface area contributed by atoms with Crippen molar-refractivity contribution >= 4 is 22.4 Å². The lowest BCUT2D eigenvalue weighted by Crippen LogP contribution is -2.17. The normalized spacial score (nSPS) is 11.2.